The highest BCUT2D eigenvalue weighted by Crippen LogP contribution is 2.13. The molecular formula is C14H21NO4S. The third kappa shape index (κ3) is 4.03. The van der Waals surface area contributed by atoms with Gasteiger partial charge in [0.1, 0.15) is 0 Å². The van der Waals surface area contributed by atoms with Gasteiger partial charge in [-0.3, -0.25) is 9.00 Å². The molecule has 6 heteroatoms. The zero-order valence-electron chi connectivity index (χ0n) is 12.4. The summed E-state index contributed by atoms with van der Waals surface area (Å²) in [7, 11) is -0.881. The minimum atomic E-state index is -0.881. The number of pyridine rings is 1. The lowest BCUT2D eigenvalue weighted by Crippen LogP contribution is -2.26. The molecule has 0 spiro atoms. The second-order valence-electron chi connectivity index (χ2n) is 4.63. The van der Waals surface area contributed by atoms with Crippen LogP contribution < -0.4 is 5.56 Å². The number of nitrogens with zero attached hydrogens (tertiary/aromatic N) is 1. The molecule has 0 bridgehead atoms. The summed E-state index contributed by atoms with van der Waals surface area (Å²) in [4.78, 5) is 23.9. The SMILES string of the molecule is CCOC(=O)c1c(C)cc(=O)n(CCCS(C)=O)c1C. The normalized spacial score (nSPS) is 12.2. The van der Waals surface area contributed by atoms with E-state index in [1.165, 1.54) is 6.07 Å². The molecule has 0 saturated heterocycles. The Morgan fingerprint density at radius 3 is 2.60 bits per heavy atom. The van der Waals surface area contributed by atoms with Crippen LogP contribution in [0.4, 0.5) is 0 Å². The predicted molar refractivity (Wildman–Crippen MR) is 79.7 cm³/mol. The molecule has 0 fully saturated rings. The van der Waals surface area contributed by atoms with Crippen LogP contribution in [0.5, 0.6) is 0 Å². The smallest absolute Gasteiger partial charge is 0.340 e. The number of hydrogen-bond donors (Lipinski definition) is 0. The van der Waals surface area contributed by atoms with Gasteiger partial charge in [-0.25, -0.2) is 4.79 Å². The van der Waals surface area contributed by atoms with Gasteiger partial charge >= 0.3 is 5.97 Å². The molecule has 1 heterocycles. The molecule has 0 N–H and O–H groups in total. The van der Waals surface area contributed by atoms with E-state index < -0.39 is 16.8 Å². The zero-order valence-corrected chi connectivity index (χ0v) is 13.2. The molecule has 0 radical (unpaired) electrons. The lowest BCUT2D eigenvalue weighted by atomic mass is 10.1. The van der Waals surface area contributed by atoms with Crippen molar-refractivity contribution in [2.24, 2.45) is 0 Å². The monoisotopic (exact) mass is 299 g/mol. The summed E-state index contributed by atoms with van der Waals surface area (Å²) in [5.74, 6) is 0.129. The summed E-state index contributed by atoms with van der Waals surface area (Å²) < 4.78 is 17.6. The average Bonchev–Trinajstić information content (AvgIpc) is 2.33. The highest BCUT2D eigenvalue weighted by atomic mass is 32.2. The molecule has 5 nitrogen and oxygen atoms in total. The molecule has 0 amide bonds. The number of rotatable bonds is 6. The fourth-order valence-electron chi connectivity index (χ4n) is 2.14. The minimum absolute atomic E-state index is 0.144. The van der Waals surface area contributed by atoms with E-state index in [4.69, 9.17) is 4.74 Å². The van der Waals surface area contributed by atoms with Crippen molar-refractivity contribution in [2.75, 3.05) is 18.6 Å². The maximum Gasteiger partial charge on any atom is 0.340 e. The van der Waals surface area contributed by atoms with Crippen LogP contribution in [0.25, 0.3) is 0 Å². The van der Waals surface area contributed by atoms with E-state index in [9.17, 15) is 13.8 Å². The Morgan fingerprint density at radius 2 is 2.05 bits per heavy atom. The largest absolute Gasteiger partial charge is 0.462 e. The maximum absolute atomic E-state index is 12.0. The molecular weight excluding hydrogens is 278 g/mol. The van der Waals surface area contributed by atoms with Crippen molar-refractivity contribution < 1.29 is 13.7 Å². The van der Waals surface area contributed by atoms with Crippen molar-refractivity contribution in [3.8, 4) is 0 Å². The summed E-state index contributed by atoms with van der Waals surface area (Å²) in [6, 6.07) is 1.45. The Hall–Kier alpha value is -1.43. The van der Waals surface area contributed by atoms with Gasteiger partial charge in [0.15, 0.2) is 0 Å². The Labute approximate surface area is 121 Å². The van der Waals surface area contributed by atoms with Crippen LogP contribution in [0.3, 0.4) is 0 Å². The maximum atomic E-state index is 12.0. The van der Waals surface area contributed by atoms with Gasteiger partial charge < -0.3 is 9.30 Å². The van der Waals surface area contributed by atoms with Crippen LogP contribution in [0.15, 0.2) is 10.9 Å². The lowest BCUT2D eigenvalue weighted by molar-refractivity contribution is 0.0523. The lowest BCUT2D eigenvalue weighted by Gasteiger charge is -2.15. The minimum Gasteiger partial charge on any atom is -0.462 e. The molecule has 0 aliphatic carbocycles. The van der Waals surface area contributed by atoms with Crippen molar-refractivity contribution >= 4 is 16.8 Å². The van der Waals surface area contributed by atoms with Crippen molar-refractivity contribution in [2.45, 2.75) is 33.7 Å². The summed E-state index contributed by atoms with van der Waals surface area (Å²) >= 11 is 0. The topological polar surface area (TPSA) is 65.4 Å². The van der Waals surface area contributed by atoms with Crippen molar-refractivity contribution in [3.63, 3.8) is 0 Å². The van der Waals surface area contributed by atoms with Crippen LogP contribution >= 0.6 is 0 Å². The van der Waals surface area contributed by atoms with Crippen LogP contribution in [0.1, 0.15) is 35.0 Å². The van der Waals surface area contributed by atoms with E-state index in [-0.39, 0.29) is 5.56 Å². The van der Waals surface area contributed by atoms with Crippen molar-refractivity contribution in [1.29, 1.82) is 0 Å². The van der Waals surface area contributed by atoms with Gasteiger partial charge in [-0.1, -0.05) is 0 Å². The number of carbonyl (C=O) groups excluding carboxylic acids is 1. The van der Waals surface area contributed by atoms with Gasteiger partial charge in [0.25, 0.3) is 5.56 Å². The van der Waals surface area contributed by atoms with Gasteiger partial charge in [-0.05, 0) is 32.8 Å². The Balaban J connectivity index is 3.12. The molecule has 1 aromatic rings. The standard InChI is InChI=1S/C14H21NO4S/c1-5-19-14(17)13-10(2)9-12(16)15(11(13)3)7-6-8-20(4)18/h9H,5-8H2,1-4H3. The van der Waals surface area contributed by atoms with Crippen molar-refractivity contribution in [3.05, 3.63) is 33.2 Å². The molecule has 1 aromatic heterocycles. The first kappa shape index (κ1) is 16.6. The third-order valence-electron chi connectivity index (χ3n) is 3.06. The van der Waals surface area contributed by atoms with Crippen LogP contribution in [0, 0.1) is 13.8 Å². The van der Waals surface area contributed by atoms with E-state index in [0.29, 0.717) is 42.1 Å². The van der Waals surface area contributed by atoms with Crippen LogP contribution in [-0.2, 0) is 22.1 Å². The fraction of sp³-hybridized carbons (Fsp3) is 0.571. The molecule has 112 valence electrons. The van der Waals surface area contributed by atoms with E-state index in [0.717, 1.165) is 0 Å². The van der Waals surface area contributed by atoms with Gasteiger partial charge in [0.2, 0.25) is 0 Å². The first-order valence-electron chi connectivity index (χ1n) is 6.56. The molecule has 20 heavy (non-hydrogen) atoms. The molecule has 1 rings (SSSR count). The number of hydrogen-bond acceptors (Lipinski definition) is 4. The first-order chi connectivity index (χ1) is 9.38. The number of carbonyl (C=O) groups is 1. The second-order valence-corrected chi connectivity index (χ2v) is 6.18. The number of aryl methyl sites for hydroxylation is 1. The van der Waals surface area contributed by atoms with Gasteiger partial charge in [0, 0.05) is 41.1 Å². The van der Waals surface area contributed by atoms with E-state index in [1.54, 1.807) is 31.6 Å². The Kier molecular flexibility index (Phi) is 6.13. The molecule has 0 aromatic carbocycles. The molecule has 1 unspecified atom stereocenters. The molecule has 0 saturated carbocycles. The van der Waals surface area contributed by atoms with E-state index >= 15 is 0 Å². The second kappa shape index (κ2) is 7.38. The molecule has 0 aliphatic heterocycles. The number of ether oxygens (including phenoxy) is 1. The highest BCUT2D eigenvalue weighted by Gasteiger charge is 2.17. The van der Waals surface area contributed by atoms with Gasteiger partial charge in [-0.15, -0.1) is 0 Å². The predicted octanol–water partition coefficient (Wildman–Crippen LogP) is 1.41. The molecule has 1 atom stereocenters. The fourth-order valence-corrected chi connectivity index (χ4v) is 2.67. The summed E-state index contributed by atoms with van der Waals surface area (Å²) in [5, 5.41) is 0. The highest BCUT2D eigenvalue weighted by molar-refractivity contribution is 7.84. The van der Waals surface area contributed by atoms with E-state index in [1.807, 2.05) is 0 Å². The number of esters is 1. The third-order valence-corrected chi connectivity index (χ3v) is 3.92. The summed E-state index contributed by atoms with van der Waals surface area (Å²) in [6.07, 6.45) is 2.27. The number of aromatic nitrogens is 1. The zero-order chi connectivity index (χ0) is 15.3. The quantitative estimate of drug-likeness (QED) is 0.745. The Morgan fingerprint density at radius 1 is 1.40 bits per heavy atom. The first-order valence-corrected chi connectivity index (χ1v) is 8.29. The van der Waals surface area contributed by atoms with Crippen molar-refractivity contribution in [1.82, 2.24) is 4.57 Å². The average molecular weight is 299 g/mol. The van der Waals surface area contributed by atoms with Gasteiger partial charge in [-0.2, -0.15) is 0 Å². The summed E-state index contributed by atoms with van der Waals surface area (Å²) in [6.45, 7) is 5.97. The van der Waals surface area contributed by atoms with Crippen LogP contribution in [-0.4, -0.2) is 33.4 Å². The summed E-state index contributed by atoms with van der Waals surface area (Å²) in [5.41, 5.74) is 1.54. The molecule has 0 aliphatic rings. The van der Waals surface area contributed by atoms with E-state index in [2.05, 4.69) is 0 Å². The van der Waals surface area contributed by atoms with Crippen LogP contribution in [0.2, 0.25) is 0 Å². The van der Waals surface area contributed by atoms with Gasteiger partial charge in [0.05, 0.1) is 12.2 Å². The Bertz CT molecular complexity index is 577.